The van der Waals surface area contributed by atoms with Crippen LogP contribution < -0.4 is 14.4 Å². The molecule has 0 aliphatic carbocycles. The quantitative estimate of drug-likeness (QED) is 0.698. The lowest BCUT2D eigenvalue weighted by atomic mass is 10.1. The minimum absolute atomic E-state index is 0.127. The lowest BCUT2D eigenvalue weighted by Crippen LogP contribution is -2.48. The van der Waals surface area contributed by atoms with Gasteiger partial charge in [-0.15, -0.1) is 0 Å². The summed E-state index contributed by atoms with van der Waals surface area (Å²) in [5, 5.41) is 3.20. The van der Waals surface area contributed by atoms with Crippen molar-refractivity contribution in [3.8, 4) is 5.75 Å². The van der Waals surface area contributed by atoms with Gasteiger partial charge in [0.2, 0.25) is 10.0 Å². The summed E-state index contributed by atoms with van der Waals surface area (Å²) >= 11 is 6.00. The number of carbonyl (C=O) groups excluding carboxylic acids is 1. The standard InChI is InChI=1S/C21H26ClN3O4S/c1-4-24(5-2)13-15-6-9-17(10-7-15)23-21(26)20-14-25(30(3,27)28)18-12-16(22)8-11-19(18)29-20/h6-12,20H,4-5,13-14H2,1-3H3,(H,23,26)/t20-/m0/s1. The van der Waals surface area contributed by atoms with Crippen LogP contribution in [0.5, 0.6) is 5.75 Å². The molecule has 0 aromatic heterocycles. The second kappa shape index (κ2) is 9.24. The van der Waals surface area contributed by atoms with E-state index in [1.807, 2.05) is 24.3 Å². The molecule has 9 heteroatoms. The Hall–Kier alpha value is -2.29. The second-order valence-corrected chi connectivity index (χ2v) is 9.50. The van der Waals surface area contributed by atoms with Crippen LogP contribution >= 0.6 is 11.6 Å². The summed E-state index contributed by atoms with van der Waals surface area (Å²) in [5.74, 6) is -0.119. The Kier molecular flexibility index (Phi) is 6.90. The van der Waals surface area contributed by atoms with Crippen molar-refractivity contribution in [2.24, 2.45) is 0 Å². The Labute approximate surface area is 182 Å². The van der Waals surface area contributed by atoms with Gasteiger partial charge in [0.15, 0.2) is 6.10 Å². The van der Waals surface area contributed by atoms with E-state index in [4.69, 9.17) is 16.3 Å². The molecule has 0 saturated carbocycles. The maximum absolute atomic E-state index is 12.8. The number of nitrogens with zero attached hydrogens (tertiary/aromatic N) is 2. The van der Waals surface area contributed by atoms with Crippen LogP contribution in [0.1, 0.15) is 19.4 Å². The first-order valence-corrected chi connectivity index (χ1v) is 12.0. The number of carbonyl (C=O) groups is 1. The monoisotopic (exact) mass is 451 g/mol. The van der Waals surface area contributed by atoms with E-state index in [-0.39, 0.29) is 6.54 Å². The highest BCUT2D eigenvalue weighted by molar-refractivity contribution is 7.92. The van der Waals surface area contributed by atoms with Crippen LogP contribution in [-0.2, 0) is 21.4 Å². The van der Waals surface area contributed by atoms with Crippen LogP contribution in [0, 0.1) is 0 Å². The molecule has 1 atom stereocenters. The SMILES string of the molecule is CCN(CC)Cc1ccc(NC(=O)[C@@H]2CN(S(C)(=O)=O)c3cc(Cl)ccc3O2)cc1. The van der Waals surface area contributed by atoms with Gasteiger partial charge >= 0.3 is 0 Å². The molecule has 0 fully saturated rings. The summed E-state index contributed by atoms with van der Waals surface area (Å²) in [5.41, 5.74) is 2.11. The van der Waals surface area contributed by atoms with Crippen LogP contribution in [0.4, 0.5) is 11.4 Å². The molecule has 1 N–H and O–H groups in total. The van der Waals surface area contributed by atoms with Crippen molar-refractivity contribution in [2.75, 3.05) is 35.5 Å². The fraction of sp³-hybridized carbons (Fsp3) is 0.381. The number of nitrogens with one attached hydrogen (secondary N) is 1. The summed E-state index contributed by atoms with van der Waals surface area (Å²) in [4.78, 5) is 15.1. The van der Waals surface area contributed by atoms with Crippen molar-refractivity contribution >= 4 is 38.9 Å². The van der Waals surface area contributed by atoms with Crippen LogP contribution in [0.3, 0.4) is 0 Å². The van der Waals surface area contributed by atoms with Crippen molar-refractivity contribution in [1.29, 1.82) is 0 Å². The van der Waals surface area contributed by atoms with Gasteiger partial charge in [0, 0.05) is 17.3 Å². The number of fused-ring (bicyclic) bond motifs is 1. The molecule has 7 nitrogen and oxygen atoms in total. The van der Waals surface area contributed by atoms with Crippen LogP contribution in [0.2, 0.25) is 5.02 Å². The minimum Gasteiger partial charge on any atom is -0.476 e. The highest BCUT2D eigenvalue weighted by Crippen LogP contribution is 2.37. The number of hydrogen-bond acceptors (Lipinski definition) is 5. The Bertz CT molecular complexity index is 1010. The molecule has 2 aromatic rings. The maximum Gasteiger partial charge on any atom is 0.267 e. The van der Waals surface area contributed by atoms with Gasteiger partial charge in [-0.1, -0.05) is 37.6 Å². The third kappa shape index (κ3) is 5.24. The highest BCUT2D eigenvalue weighted by atomic mass is 35.5. The van der Waals surface area contributed by atoms with Crippen molar-refractivity contribution in [1.82, 2.24) is 4.90 Å². The van der Waals surface area contributed by atoms with Gasteiger partial charge in [0.1, 0.15) is 5.75 Å². The number of sulfonamides is 1. The third-order valence-electron chi connectivity index (χ3n) is 5.01. The van der Waals surface area contributed by atoms with E-state index in [9.17, 15) is 13.2 Å². The van der Waals surface area contributed by atoms with E-state index >= 15 is 0 Å². The van der Waals surface area contributed by atoms with E-state index in [0.29, 0.717) is 22.1 Å². The average molecular weight is 452 g/mol. The number of ether oxygens (including phenoxy) is 1. The lowest BCUT2D eigenvalue weighted by Gasteiger charge is -2.34. The fourth-order valence-electron chi connectivity index (χ4n) is 3.30. The number of anilines is 2. The first kappa shape index (κ1) is 22.4. The van der Waals surface area contributed by atoms with Crippen molar-refractivity contribution in [2.45, 2.75) is 26.5 Å². The topological polar surface area (TPSA) is 79.0 Å². The molecule has 1 aliphatic heterocycles. The number of halogens is 1. The largest absolute Gasteiger partial charge is 0.476 e. The van der Waals surface area contributed by atoms with Crippen molar-refractivity contribution in [3.63, 3.8) is 0 Å². The molecular weight excluding hydrogens is 426 g/mol. The zero-order valence-corrected chi connectivity index (χ0v) is 18.8. The van der Waals surface area contributed by atoms with Gasteiger partial charge in [-0.25, -0.2) is 8.42 Å². The summed E-state index contributed by atoms with van der Waals surface area (Å²) in [6.45, 7) is 6.89. The van der Waals surface area contributed by atoms with Gasteiger partial charge in [0.05, 0.1) is 18.5 Å². The molecule has 1 amide bonds. The molecule has 0 spiro atoms. The predicted molar refractivity (Wildman–Crippen MR) is 120 cm³/mol. The number of rotatable bonds is 7. The number of benzene rings is 2. The van der Waals surface area contributed by atoms with Crippen LogP contribution in [-0.4, -0.2) is 51.2 Å². The molecule has 1 aliphatic rings. The lowest BCUT2D eigenvalue weighted by molar-refractivity contribution is -0.122. The Morgan fingerprint density at radius 1 is 1.20 bits per heavy atom. The first-order chi connectivity index (χ1) is 14.2. The highest BCUT2D eigenvalue weighted by Gasteiger charge is 2.35. The molecule has 0 saturated heterocycles. The van der Waals surface area contributed by atoms with Crippen LogP contribution in [0.25, 0.3) is 0 Å². The van der Waals surface area contributed by atoms with Gasteiger partial charge in [-0.05, 0) is 49.0 Å². The van der Waals surface area contributed by atoms with E-state index in [2.05, 4.69) is 24.1 Å². The van der Waals surface area contributed by atoms with Crippen LogP contribution in [0.15, 0.2) is 42.5 Å². The minimum atomic E-state index is -3.61. The van der Waals surface area contributed by atoms with Crippen molar-refractivity contribution < 1.29 is 17.9 Å². The average Bonchev–Trinajstić information content (AvgIpc) is 2.71. The van der Waals surface area contributed by atoms with Gasteiger partial charge in [-0.3, -0.25) is 14.0 Å². The van der Waals surface area contributed by atoms with E-state index in [1.54, 1.807) is 12.1 Å². The third-order valence-corrected chi connectivity index (χ3v) is 6.39. The van der Waals surface area contributed by atoms with E-state index in [0.717, 1.165) is 35.8 Å². The second-order valence-electron chi connectivity index (χ2n) is 7.16. The Balaban J connectivity index is 1.73. The Morgan fingerprint density at radius 2 is 1.87 bits per heavy atom. The fourth-order valence-corrected chi connectivity index (χ4v) is 4.37. The molecule has 0 unspecified atom stereocenters. The summed E-state index contributed by atoms with van der Waals surface area (Å²) in [7, 11) is -3.61. The Morgan fingerprint density at radius 3 is 2.47 bits per heavy atom. The van der Waals surface area contributed by atoms with E-state index < -0.39 is 22.0 Å². The molecule has 0 radical (unpaired) electrons. The maximum atomic E-state index is 12.8. The molecule has 30 heavy (non-hydrogen) atoms. The predicted octanol–water partition coefficient (Wildman–Crippen LogP) is 3.35. The van der Waals surface area contributed by atoms with E-state index in [1.165, 1.54) is 6.07 Å². The molecule has 1 heterocycles. The molecule has 3 rings (SSSR count). The zero-order chi connectivity index (χ0) is 21.9. The molecule has 2 aromatic carbocycles. The zero-order valence-electron chi connectivity index (χ0n) is 17.3. The van der Waals surface area contributed by atoms with Crippen molar-refractivity contribution in [3.05, 3.63) is 53.1 Å². The summed E-state index contributed by atoms with van der Waals surface area (Å²) in [6.07, 6.45) is 0.107. The van der Waals surface area contributed by atoms with Gasteiger partial charge < -0.3 is 10.1 Å². The molecule has 0 bridgehead atoms. The molecular formula is C21H26ClN3O4S. The number of hydrogen-bond donors (Lipinski definition) is 1. The van der Waals surface area contributed by atoms with Gasteiger partial charge in [-0.2, -0.15) is 0 Å². The smallest absolute Gasteiger partial charge is 0.267 e. The first-order valence-electron chi connectivity index (χ1n) is 9.77. The normalized spacial score (nSPS) is 16.2. The number of amides is 1. The summed E-state index contributed by atoms with van der Waals surface area (Å²) in [6, 6.07) is 12.3. The summed E-state index contributed by atoms with van der Waals surface area (Å²) < 4.78 is 31.4. The molecule has 162 valence electrons. The van der Waals surface area contributed by atoms with Gasteiger partial charge in [0.25, 0.3) is 5.91 Å².